The summed E-state index contributed by atoms with van der Waals surface area (Å²) < 4.78 is 13.0. The Morgan fingerprint density at radius 2 is 1.92 bits per heavy atom. The van der Waals surface area contributed by atoms with Crippen molar-refractivity contribution in [2.24, 2.45) is 0 Å². The van der Waals surface area contributed by atoms with Gasteiger partial charge in [-0.25, -0.2) is 9.37 Å². The lowest BCUT2D eigenvalue weighted by atomic mass is 9.96. The lowest BCUT2D eigenvalue weighted by molar-refractivity contribution is 0.108. The Bertz CT molecular complexity index is 815. The van der Waals surface area contributed by atoms with Crippen LogP contribution in [0.5, 0.6) is 0 Å². The standard InChI is InChI=1S/C20H23ClFN3O/c1-12-10-13(2)19(14(3)18(12)20(21)26)24-16-6-8-25(9-7-16)17-5-4-15(22)11-23-17/h4-5,10-11,16,24H,6-9H2,1-3H3. The van der Waals surface area contributed by atoms with E-state index >= 15 is 0 Å². The van der Waals surface area contributed by atoms with Crippen molar-refractivity contribution in [2.45, 2.75) is 39.7 Å². The minimum Gasteiger partial charge on any atom is -0.382 e. The Kier molecular flexibility index (Phi) is 5.47. The van der Waals surface area contributed by atoms with Gasteiger partial charge in [0.25, 0.3) is 5.24 Å². The molecule has 0 spiro atoms. The van der Waals surface area contributed by atoms with Crippen LogP contribution in [0, 0.1) is 26.6 Å². The van der Waals surface area contributed by atoms with Gasteiger partial charge in [0.15, 0.2) is 0 Å². The highest BCUT2D eigenvalue weighted by Crippen LogP contribution is 2.30. The number of nitrogens with one attached hydrogen (secondary N) is 1. The Balaban J connectivity index is 1.71. The number of aryl methyl sites for hydroxylation is 2. The smallest absolute Gasteiger partial charge is 0.253 e. The van der Waals surface area contributed by atoms with E-state index in [1.807, 2.05) is 26.8 Å². The second-order valence-electron chi connectivity index (χ2n) is 6.90. The van der Waals surface area contributed by atoms with Gasteiger partial charge < -0.3 is 10.2 Å². The number of nitrogens with zero attached hydrogens (tertiary/aromatic N) is 2. The molecule has 1 aliphatic rings. The molecule has 0 bridgehead atoms. The predicted octanol–water partition coefficient (Wildman–Crippen LogP) is 4.61. The van der Waals surface area contributed by atoms with E-state index in [1.54, 1.807) is 6.07 Å². The molecule has 0 amide bonds. The number of carbonyl (C=O) groups excluding carboxylic acids is 1. The fourth-order valence-corrected chi connectivity index (χ4v) is 4.01. The van der Waals surface area contributed by atoms with Crippen molar-refractivity contribution >= 4 is 28.3 Å². The zero-order chi connectivity index (χ0) is 18.8. The lowest BCUT2D eigenvalue weighted by Gasteiger charge is -2.34. The van der Waals surface area contributed by atoms with E-state index < -0.39 is 5.24 Å². The number of halogens is 2. The highest BCUT2D eigenvalue weighted by atomic mass is 35.5. The zero-order valence-corrected chi connectivity index (χ0v) is 16.0. The van der Waals surface area contributed by atoms with Crippen molar-refractivity contribution < 1.29 is 9.18 Å². The van der Waals surface area contributed by atoms with Crippen LogP contribution in [0.2, 0.25) is 0 Å². The minimum atomic E-state index is -0.416. The summed E-state index contributed by atoms with van der Waals surface area (Å²) in [6.45, 7) is 7.59. The molecule has 0 atom stereocenters. The van der Waals surface area contributed by atoms with Crippen LogP contribution in [0.4, 0.5) is 15.9 Å². The van der Waals surface area contributed by atoms with Gasteiger partial charge in [-0.3, -0.25) is 4.79 Å². The van der Waals surface area contributed by atoms with Crippen LogP contribution in [0.3, 0.4) is 0 Å². The molecule has 138 valence electrons. The topological polar surface area (TPSA) is 45.2 Å². The summed E-state index contributed by atoms with van der Waals surface area (Å²) in [7, 11) is 0. The zero-order valence-electron chi connectivity index (χ0n) is 15.3. The highest BCUT2D eigenvalue weighted by molar-refractivity contribution is 6.68. The number of hydrogen-bond acceptors (Lipinski definition) is 4. The van der Waals surface area contributed by atoms with E-state index in [-0.39, 0.29) is 5.82 Å². The van der Waals surface area contributed by atoms with Crippen molar-refractivity contribution in [3.8, 4) is 0 Å². The van der Waals surface area contributed by atoms with E-state index in [1.165, 1.54) is 12.3 Å². The first-order valence-corrected chi connectivity index (χ1v) is 9.18. The summed E-state index contributed by atoms with van der Waals surface area (Å²) in [6, 6.07) is 5.47. The van der Waals surface area contributed by atoms with Crippen LogP contribution in [0.15, 0.2) is 24.4 Å². The molecular formula is C20H23ClFN3O. The number of carbonyl (C=O) groups is 1. The number of rotatable bonds is 4. The molecule has 1 fully saturated rings. The molecule has 2 aromatic rings. The summed E-state index contributed by atoms with van der Waals surface area (Å²) in [5, 5.41) is 3.19. The molecule has 2 heterocycles. The maximum atomic E-state index is 13.0. The molecule has 26 heavy (non-hydrogen) atoms. The SMILES string of the molecule is Cc1cc(C)c(C(=O)Cl)c(C)c1NC1CCN(c2ccc(F)cn2)CC1. The molecule has 1 aromatic carbocycles. The molecule has 1 aromatic heterocycles. The molecule has 1 aliphatic heterocycles. The molecule has 6 heteroatoms. The number of hydrogen-bond donors (Lipinski definition) is 1. The van der Waals surface area contributed by atoms with Gasteiger partial charge in [0.1, 0.15) is 11.6 Å². The van der Waals surface area contributed by atoms with Crippen LogP contribution in [-0.2, 0) is 0 Å². The summed E-state index contributed by atoms with van der Waals surface area (Å²) >= 11 is 5.77. The third kappa shape index (κ3) is 3.83. The van der Waals surface area contributed by atoms with E-state index in [2.05, 4.69) is 15.2 Å². The van der Waals surface area contributed by atoms with Crippen LogP contribution in [0.25, 0.3) is 0 Å². The van der Waals surface area contributed by atoms with E-state index in [0.29, 0.717) is 11.6 Å². The molecule has 3 rings (SSSR count). The van der Waals surface area contributed by atoms with Crippen molar-refractivity contribution in [3.05, 3.63) is 52.5 Å². The molecule has 4 nitrogen and oxygen atoms in total. The van der Waals surface area contributed by atoms with E-state index in [9.17, 15) is 9.18 Å². The van der Waals surface area contributed by atoms with Gasteiger partial charge in [-0.2, -0.15) is 0 Å². The summed E-state index contributed by atoms with van der Waals surface area (Å²) in [5.41, 5.74) is 4.52. The molecule has 0 unspecified atom stereocenters. The fraction of sp³-hybridized carbons (Fsp3) is 0.400. The minimum absolute atomic E-state index is 0.310. The first-order valence-electron chi connectivity index (χ1n) is 8.80. The monoisotopic (exact) mass is 375 g/mol. The first-order chi connectivity index (χ1) is 12.4. The van der Waals surface area contributed by atoms with E-state index in [0.717, 1.165) is 54.1 Å². The third-order valence-corrected chi connectivity index (χ3v) is 5.24. The molecule has 0 saturated carbocycles. The van der Waals surface area contributed by atoms with Gasteiger partial charge >= 0.3 is 0 Å². The number of anilines is 2. The van der Waals surface area contributed by atoms with Crippen molar-refractivity contribution in [3.63, 3.8) is 0 Å². The Hall–Kier alpha value is -2.14. The number of piperidine rings is 1. The van der Waals surface area contributed by atoms with Gasteiger partial charge in [0.2, 0.25) is 0 Å². The molecule has 0 aliphatic carbocycles. The van der Waals surface area contributed by atoms with Gasteiger partial charge in [-0.05, 0) is 74.0 Å². The molecule has 1 saturated heterocycles. The van der Waals surface area contributed by atoms with Gasteiger partial charge in [0.05, 0.1) is 6.20 Å². The fourth-order valence-electron chi connectivity index (χ4n) is 3.72. The summed E-state index contributed by atoms with van der Waals surface area (Å²) in [6.07, 6.45) is 3.13. The van der Waals surface area contributed by atoms with Crippen molar-refractivity contribution in [1.82, 2.24) is 4.98 Å². The third-order valence-electron chi connectivity index (χ3n) is 5.05. The molecule has 1 N–H and O–H groups in total. The maximum Gasteiger partial charge on any atom is 0.253 e. The average molecular weight is 376 g/mol. The number of aromatic nitrogens is 1. The summed E-state index contributed by atoms with van der Waals surface area (Å²) in [4.78, 5) is 18.1. The van der Waals surface area contributed by atoms with Crippen molar-refractivity contribution in [1.29, 1.82) is 0 Å². The van der Waals surface area contributed by atoms with Crippen LogP contribution >= 0.6 is 11.6 Å². The maximum absolute atomic E-state index is 13.0. The Morgan fingerprint density at radius 3 is 2.50 bits per heavy atom. The molecule has 0 radical (unpaired) electrons. The second kappa shape index (κ2) is 7.62. The van der Waals surface area contributed by atoms with E-state index in [4.69, 9.17) is 11.6 Å². The number of pyridine rings is 1. The van der Waals surface area contributed by atoms with Gasteiger partial charge in [0, 0.05) is 30.4 Å². The van der Waals surface area contributed by atoms with Gasteiger partial charge in [-0.1, -0.05) is 6.07 Å². The molecular weight excluding hydrogens is 353 g/mol. The van der Waals surface area contributed by atoms with Crippen LogP contribution in [0.1, 0.15) is 39.9 Å². The quantitative estimate of drug-likeness (QED) is 0.793. The Morgan fingerprint density at radius 1 is 1.23 bits per heavy atom. The first kappa shape index (κ1) is 18.6. The highest BCUT2D eigenvalue weighted by Gasteiger charge is 2.22. The lowest BCUT2D eigenvalue weighted by Crippen LogP contribution is -2.39. The normalized spacial score (nSPS) is 15.2. The van der Waals surface area contributed by atoms with Crippen molar-refractivity contribution in [2.75, 3.05) is 23.3 Å². The van der Waals surface area contributed by atoms with Gasteiger partial charge in [-0.15, -0.1) is 0 Å². The summed E-state index contributed by atoms with van der Waals surface area (Å²) in [5.74, 6) is 0.489. The second-order valence-corrected chi connectivity index (χ2v) is 7.24. The largest absolute Gasteiger partial charge is 0.382 e. The predicted molar refractivity (Wildman–Crippen MR) is 104 cm³/mol. The van der Waals surface area contributed by atoms with Crippen LogP contribution < -0.4 is 10.2 Å². The average Bonchev–Trinajstić information content (AvgIpc) is 2.59. The number of benzene rings is 1. The van der Waals surface area contributed by atoms with Crippen LogP contribution in [-0.4, -0.2) is 29.4 Å². The Labute approximate surface area is 158 Å².